The molecule has 150 valence electrons. The second kappa shape index (κ2) is 8.87. The van der Waals surface area contributed by atoms with Crippen molar-refractivity contribution >= 4 is 39.0 Å². The van der Waals surface area contributed by atoms with Crippen LogP contribution in [0.4, 0.5) is 15.9 Å². The summed E-state index contributed by atoms with van der Waals surface area (Å²) in [6.45, 7) is 0. The molecule has 0 atom stereocenters. The van der Waals surface area contributed by atoms with E-state index < -0.39 is 21.7 Å². The number of aromatic nitrogens is 1. The summed E-state index contributed by atoms with van der Waals surface area (Å²) >= 11 is 5.71. The fourth-order valence-corrected chi connectivity index (χ4v) is 4.92. The number of nitrogens with zero attached hydrogens (tertiary/aromatic N) is 1. The maximum Gasteiger partial charge on any atom is 0.255 e. The van der Waals surface area contributed by atoms with E-state index in [-0.39, 0.29) is 28.1 Å². The Hall–Kier alpha value is -2.19. The van der Waals surface area contributed by atoms with Crippen LogP contribution in [0.3, 0.4) is 0 Å². The first-order chi connectivity index (χ1) is 13.3. The zero-order chi connectivity index (χ0) is 20.1. The average molecular weight is 426 g/mol. The summed E-state index contributed by atoms with van der Waals surface area (Å²) in [5.41, 5.74) is 0.540. The first-order valence-corrected chi connectivity index (χ1v) is 11.1. The highest BCUT2D eigenvalue weighted by atomic mass is 35.5. The molecule has 1 aliphatic carbocycles. The van der Waals surface area contributed by atoms with E-state index in [1.165, 1.54) is 30.5 Å². The average Bonchev–Trinajstić information content (AvgIpc) is 2.65. The molecule has 0 spiro atoms. The monoisotopic (exact) mass is 425 g/mol. The van der Waals surface area contributed by atoms with Crippen molar-refractivity contribution in [2.24, 2.45) is 5.92 Å². The molecule has 2 N–H and O–H groups in total. The zero-order valence-corrected chi connectivity index (χ0v) is 16.7. The zero-order valence-electron chi connectivity index (χ0n) is 15.1. The van der Waals surface area contributed by atoms with Gasteiger partial charge in [-0.2, -0.15) is 0 Å². The maximum atomic E-state index is 13.2. The molecule has 0 bridgehead atoms. The van der Waals surface area contributed by atoms with Crippen molar-refractivity contribution in [2.75, 3.05) is 15.8 Å². The molecule has 1 fully saturated rings. The molecule has 2 aromatic rings. The number of pyridine rings is 1. The van der Waals surface area contributed by atoms with Crippen molar-refractivity contribution in [3.8, 4) is 0 Å². The molecule has 1 aromatic carbocycles. The summed E-state index contributed by atoms with van der Waals surface area (Å²) in [6.07, 6.45) is 6.45. The Balaban J connectivity index is 1.67. The highest BCUT2D eigenvalue weighted by Crippen LogP contribution is 2.25. The molecule has 1 amide bonds. The third kappa shape index (κ3) is 5.65. The number of hydrogen-bond donors (Lipinski definition) is 2. The van der Waals surface area contributed by atoms with Crippen LogP contribution < -0.4 is 10.0 Å². The van der Waals surface area contributed by atoms with E-state index in [1.54, 1.807) is 0 Å². The number of halogens is 2. The van der Waals surface area contributed by atoms with Gasteiger partial charge in [-0.1, -0.05) is 30.9 Å². The highest BCUT2D eigenvalue weighted by Gasteiger charge is 2.22. The summed E-state index contributed by atoms with van der Waals surface area (Å²) < 4.78 is 40.5. The lowest BCUT2D eigenvalue weighted by molar-refractivity contribution is 0.102. The van der Waals surface area contributed by atoms with E-state index in [0.29, 0.717) is 5.69 Å². The number of hydrogen-bond acceptors (Lipinski definition) is 4. The van der Waals surface area contributed by atoms with Crippen molar-refractivity contribution in [1.29, 1.82) is 0 Å². The second-order valence-electron chi connectivity index (χ2n) is 6.90. The fourth-order valence-electron chi connectivity index (χ4n) is 3.27. The SMILES string of the molecule is O=C(Nc1ccc(F)c(Cl)c1)c1ccnc(NS(=O)(=O)CC2CCCCC2)c1. The normalized spacial score (nSPS) is 15.2. The van der Waals surface area contributed by atoms with Crippen LogP contribution in [0.15, 0.2) is 36.5 Å². The summed E-state index contributed by atoms with van der Waals surface area (Å²) in [6, 6.07) is 6.64. The number of carbonyl (C=O) groups excluding carboxylic acids is 1. The Morgan fingerprint density at radius 2 is 1.93 bits per heavy atom. The maximum absolute atomic E-state index is 13.2. The number of rotatable bonds is 6. The van der Waals surface area contributed by atoms with Crippen LogP contribution in [0.2, 0.25) is 5.02 Å². The van der Waals surface area contributed by atoms with Gasteiger partial charge in [-0.15, -0.1) is 0 Å². The predicted molar refractivity (Wildman–Crippen MR) is 108 cm³/mol. The smallest absolute Gasteiger partial charge is 0.255 e. The van der Waals surface area contributed by atoms with Gasteiger partial charge in [0.2, 0.25) is 10.0 Å². The van der Waals surface area contributed by atoms with Gasteiger partial charge in [0.15, 0.2) is 0 Å². The van der Waals surface area contributed by atoms with Gasteiger partial charge < -0.3 is 5.32 Å². The minimum absolute atomic E-state index is 0.0547. The van der Waals surface area contributed by atoms with E-state index in [4.69, 9.17) is 11.6 Å². The molecular formula is C19H21ClFN3O3S. The molecule has 1 saturated carbocycles. The number of anilines is 2. The lowest BCUT2D eigenvalue weighted by Crippen LogP contribution is -2.24. The summed E-state index contributed by atoms with van der Waals surface area (Å²) in [7, 11) is -3.55. The van der Waals surface area contributed by atoms with Crippen LogP contribution in [0.5, 0.6) is 0 Å². The molecule has 1 heterocycles. The molecule has 6 nitrogen and oxygen atoms in total. The lowest BCUT2D eigenvalue weighted by Gasteiger charge is -2.21. The van der Waals surface area contributed by atoms with Crippen molar-refractivity contribution in [3.05, 3.63) is 52.9 Å². The van der Waals surface area contributed by atoms with Gasteiger partial charge >= 0.3 is 0 Å². The standard InChI is InChI=1S/C19H21ClFN3O3S/c20-16-11-15(6-7-17(16)21)23-19(25)14-8-9-22-18(10-14)24-28(26,27)12-13-4-2-1-3-5-13/h6-11,13H,1-5,12H2,(H,22,24)(H,23,25). The summed E-state index contributed by atoms with van der Waals surface area (Å²) in [4.78, 5) is 16.4. The third-order valence-corrected chi connectivity index (χ3v) is 6.36. The molecule has 0 saturated heterocycles. The van der Waals surface area contributed by atoms with Crippen LogP contribution in [0.25, 0.3) is 0 Å². The highest BCUT2D eigenvalue weighted by molar-refractivity contribution is 7.92. The molecule has 1 aliphatic rings. The van der Waals surface area contributed by atoms with Crippen LogP contribution in [0.1, 0.15) is 42.5 Å². The van der Waals surface area contributed by atoms with Crippen molar-refractivity contribution in [1.82, 2.24) is 4.98 Å². The van der Waals surface area contributed by atoms with Crippen LogP contribution in [-0.4, -0.2) is 25.1 Å². The molecule has 0 radical (unpaired) electrons. The van der Waals surface area contributed by atoms with Gasteiger partial charge in [-0.3, -0.25) is 9.52 Å². The number of amides is 1. The number of nitrogens with one attached hydrogen (secondary N) is 2. The lowest BCUT2D eigenvalue weighted by atomic mass is 9.91. The van der Waals surface area contributed by atoms with Crippen molar-refractivity contribution in [2.45, 2.75) is 32.1 Å². The molecular weight excluding hydrogens is 405 g/mol. The van der Waals surface area contributed by atoms with Crippen LogP contribution in [0, 0.1) is 11.7 Å². The Labute approximate surface area is 168 Å². The minimum atomic E-state index is -3.55. The van der Waals surface area contributed by atoms with Crippen LogP contribution in [-0.2, 0) is 10.0 Å². The molecule has 1 aromatic heterocycles. The van der Waals surface area contributed by atoms with E-state index in [0.717, 1.165) is 38.2 Å². The van der Waals surface area contributed by atoms with E-state index in [2.05, 4.69) is 15.0 Å². The molecule has 9 heteroatoms. The quantitative estimate of drug-likeness (QED) is 0.715. The minimum Gasteiger partial charge on any atom is -0.322 e. The van der Waals surface area contributed by atoms with Crippen molar-refractivity contribution in [3.63, 3.8) is 0 Å². The van der Waals surface area contributed by atoms with Gasteiger partial charge in [-0.05, 0) is 49.1 Å². The Kier molecular flexibility index (Phi) is 6.51. The first-order valence-electron chi connectivity index (χ1n) is 9.05. The molecule has 0 aliphatic heterocycles. The van der Waals surface area contributed by atoms with Crippen LogP contribution >= 0.6 is 11.6 Å². The third-order valence-electron chi connectivity index (χ3n) is 4.64. The van der Waals surface area contributed by atoms with Crippen molar-refractivity contribution < 1.29 is 17.6 Å². The first kappa shape index (κ1) is 20.5. The molecule has 28 heavy (non-hydrogen) atoms. The van der Waals surface area contributed by atoms with Gasteiger partial charge in [0.25, 0.3) is 5.91 Å². The molecule has 3 rings (SSSR count). The topological polar surface area (TPSA) is 88.2 Å². The van der Waals surface area contributed by atoms with E-state index in [1.807, 2.05) is 0 Å². The van der Waals surface area contributed by atoms with Gasteiger partial charge in [0, 0.05) is 17.4 Å². The Morgan fingerprint density at radius 3 is 2.64 bits per heavy atom. The van der Waals surface area contributed by atoms with E-state index >= 15 is 0 Å². The Bertz CT molecular complexity index is 963. The van der Waals surface area contributed by atoms with Gasteiger partial charge in [0.05, 0.1) is 10.8 Å². The number of carbonyl (C=O) groups is 1. The molecule has 0 unspecified atom stereocenters. The number of benzene rings is 1. The Morgan fingerprint density at radius 1 is 1.18 bits per heavy atom. The van der Waals surface area contributed by atoms with E-state index in [9.17, 15) is 17.6 Å². The van der Waals surface area contributed by atoms with Gasteiger partial charge in [-0.25, -0.2) is 17.8 Å². The summed E-state index contributed by atoms with van der Waals surface area (Å²) in [5, 5.41) is 2.48. The fraction of sp³-hybridized carbons (Fsp3) is 0.368. The van der Waals surface area contributed by atoms with Gasteiger partial charge in [0.1, 0.15) is 11.6 Å². The second-order valence-corrected chi connectivity index (χ2v) is 9.07. The number of sulfonamides is 1. The predicted octanol–water partition coefficient (Wildman–Crippen LogP) is 4.45. The summed E-state index contributed by atoms with van der Waals surface area (Å²) in [5.74, 6) is -0.781. The largest absolute Gasteiger partial charge is 0.322 e.